The van der Waals surface area contributed by atoms with Crippen molar-refractivity contribution in [3.05, 3.63) is 24.3 Å². The van der Waals surface area contributed by atoms with Gasteiger partial charge in [-0.05, 0) is 24.3 Å². The molecule has 0 aliphatic carbocycles. The summed E-state index contributed by atoms with van der Waals surface area (Å²) in [6, 6.07) is 8.10. The molecule has 26 heavy (non-hydrogen) atoms. The predicted octanol–water partition coefficient (Wildman–Crippen LogP) is 0.341. The third-order valence-corrected chi connectivity index (χ3v) is 5.02. The Balaban J connectivity index is 1.61. The maximum atomic E-state index is 4.71. The van der Waals surface area contributed by atoms with Crippen LogP contribution in [0.15, 0.2) is 24.3 Å². The first kappa shape index (κ1) is 16.6. The number of rotatable bonds is 2. The zero-order valence-electron chi connectivity index (χ0n) is 15.8. The molecule has 2 aliphatic rings. The van der Waals surface area contributed by atoms with Crippen LogP contribution in [0.3, 0.4) is 0 Å². The van der Waals surface area contributed by atoms with Crippen molar-refractivity contribution in [2.24, 2.45) is 0 Å². The molecule has 0 aromatic carbocycles. The number of likely N-dealkylation sites (N-methyl/N-ethyl adjacent to an activating group) is 4. The summed E-state index contributed by atoms with van der Waals surface area (Å²) in [5, 5.41) is 7.85. The van der Waals surface area contributed by atoms with Gasteiger partial charge in [-0.15, -0.1) is 0 Å². The summed E-state index contributed by atoms with van der Waals surface area (Å²) in [5.74, 6) is 3.74. The Hall–Kier alpha value is -2.90. The molecule has 8 heteroatoms. The molecule has 0 spiro atoms. The molecule has 2 N–H and O–H groups in total. The number of pyridine rings is 2. The van der Waals surface area contributed by atoms with Gasteiger partial charge in [-0.25, -0.2) is 10.6 Å². The Kier molecular flexibility index (Phi) is 4.10. The van der Waals surface area contributed by atoms with E-state index in [0.29, 0.717) is 0 Å². The van der Waals surface area contributed by atoms with Crippen molar-refractivity contribution in [2.75, 3.05) is 65.0 Å². The van der Waals surface area contributed by atoms with Crippen molar-refractivity contribution in [2.45, 2.75) is 0 Å². The number of hydrogen-bond acceptors (Lipinski definition) is 6. The van der Waals surface area contributed by atoms with E-state index in [0.717, 1.165) is 60.8 Å². The van der Waals surface area contributed by atoms with Crippen molar-refractivity contribution in [3.8, 4) is 0 Å². The SMILES string of the molecule is CN1CC[N+](C)=C1Nc1ccc2ccc(NC3=[N+](C)CCN3C)nc2n1. The van der Waals surface area contributed by atoms with E-state index in [9.17, 15) is 0 Å². The first-order valence-corrected chi connectivity index (χ1v) is 8.91. The molecule has 8 nitrogen and oxygen atoms in total. The summed E-state index contributed by atoms with van der Waals surface area (Å²) < 4.78 is 4.39. The van der Waals surface area contributed by atoms with Gasteiger partial charge in [0.25, 0.3) is 0 Å². The van der Waals surface area contributed by atoms with Gasteiger partial charge in [-0.1, -0.05) is 0 Å². The van der Waals surface area contributed by atoms with Crippen LogP contribution in [0.25, 0.3) is 11.0 Å². The highest BCUT2D eigenvalue weighted by atomic mass is 15.4. The third-order valence-electron chi connectivity index (χ3n) is 5.02. The van der Waals surface area contributed by atoms with Crippen LogP contribution in [0.4, 0.5) is 11.6 Å². The molecule has 0 atom stereocenters. The largest absolute Gasteiger partial charge is 0.354 e. The lowest BCUT2D eigenvalue weighted by atomic mass is 10.3. The lowest BCUT2D eigenvalue weighted by Crippen LogP contribution is -2.32. The standard InChI is InChI=1S/C18H24N8/c1-23-9-10-24(2)17(23)21-14-7-5-13-6-8-15(20-16(13)19-14)22-18-25(3)11-12-26(18)4/h5-8H,9-12H2,1-4H3/p+2. The highest BCUT2D eigenvalue weighted by Gasteiger charge is 2.26. The Morgan fingerprint density at radius 1 is 0.808 bits per heavy atom. The van der Waals surface area contributed by atoms with Crippen LogP contribution in [0, 0.1) is 0 Å². The fourth-order valence-corrected chi connectivity index (χ4v) is 3.36. The lowest BCUT2D eigenvalue weighted by Gasteiger charge is -2.10. The van der Waals surface area contributed by atoms with E-state index in [4.69, 9.17) is 9.97 Å². The Morgan fingerprint density at radius 2 is 1.27 bits per heavy atom. The minimum Gasteiger partial charge on any atom is -0.264 e. The molecule has 0 saturated heterocycles. The minimum absolute atomic E-state index is 0.729. The monoisotopic (exact) mass is 354 g/mol. The van der Waals surface area contributed by atoms with Gasteiger partial charge in [0.1, 0.15) is 0 Å². The number of aromatic nitrogens is 2. The van der Waals surface area contributed by atoms with Gasteiger partial charge >= 0.3 is 11.9 Å². The van der Waals surface area contributed by atoms with Crippen LogP contribution in [0.1, 0.15) is 0 Å². The molecule has 2 aliphatic heterocycles. The number of nitrogens with one attached hydrogen (secondary N) is 2. The van der Waals surface area contributed by atoms with E-state index in [2.05, 4.69) is 69.9 Å². The first-order valence-electron chi connectivity index (χ1n) is 8.91. The highest BCUT2D eigenvalue weighted by Crippen LogP contribution is 2.17. The molecule has 0 radical (unpaired) electrons. The average Bonchev–Trinajstić information content (AvgIpc) is 3.11. The van der Waals surface area contributed by atoms with E-state index >= 15 is 0 Å². The fraction of sp³-hybridized carbons (Fsp3) is 0.444. The van der Waals surface area contributed by atoms with E-state index in [1.807, 2.05) is 12.1 Å². The quantitative estimate of drug-likeness (QED) is 0.759. The van der Waals surface area contributed by atoms with Crippen LogP contribution >= 0.6 is 0 Å². The fourth-order valence-electron chi connectivity index (χ4n) is 3.36. The van der Waals surface area contributed by atoms with Crippen LogP contribution in [0.5, 0.6) is 0 Å². The second-order valence-electron chi connectivity index (χ2n) is 7.02. The van der Waals surface area contributed by atoms with Crippen molar-refractivity contribution in [3.63, 3.8) is 0 Å². The molecule has 0 saturated carbocycles. The van der Waals surface area contributed by atoms with E-state index in [1.54, 1.807) is 0 Å². The normalized spacial score (nSPS) is 17.7. The third kappa shape index (κ3) is 3.02. The Labute approximate surface area is 153 Å². The molecule has 4 rings (SSSR count). The Bertz CT molecular complexity index is 846. The zero-order valence-corrected chi connectivity index (χ0v) is 15.8. The molecule has 4 heterocycles. The van der Waals surface area contributed by atoms with E-state index in [1.165, 1.54) is 0 Å². The van der Waals surface area contributed by atoms with E-state index in [-0.39, 0.29) is 0 Å². The number of fused-ring (bicyclic) bond motifs is 1. The highest BCUT2D eigenvalue weighted by molar-refractivity contribution is 5.92. The van der Waals surface area contributed by atoms with Crippen molar-refractivity contribution in [1.29, 1.82) is 0 Å². The second-order valence-corrected chi connectivity index (χ2v) is 7.02. The number of guanidine groups is 2. The molecule has 0 fully saturated rings. The molecular weight excluding hydrogens is 328 g/mol. The topological polar surface area (TPSA) is 62.3 Å². The predicted molar refractivity (Wildman–Crippen MR) is 104 cm³/mol. The second kappa shape index (κ2) is 6.44. The van der Waals surface area contributed by atoms with Crippen LogP contribution < -0.4 is 10.6 Å². The molecule has 0 bridgehead atoms. The van der Waals surface area contributed by atoms with Crippen LogP contribution in [-0.2, 0) is 0 Å². The maximum absolute atomic E-state index is 4.71. The van der Waals surface area contributed by atoms with Crippen molar-refractivity contribution < 1.29 is 9.15 Å². The van der Waals surface area contributed by atoms with Crippen molar-refractivity contribution >= 4 is 34.6 Å². The number of anilines is 2. The van der Waals surface area contributed by atoms with Gasteiger partial charge in [0.2, 0.25) is 0 Å². The molecule has 136 valence electrons. The Morgan fingerprint density at radius 3 is 1.65 bits per heavy atom. The zero-order chi connectivity index (χ0) is 18.3. The molecule has 0 unspecified atom stereocenters. The summed E-state index contributed by atoms with van der Waals surface area (Å²) in [4.78, 5) is 13.8. The van der Waals surface area contributed by atoms with Crippen LogP contribution in [-0.4, -0.2) is 95.2 Å². The summed E-state index contributed by atoms with van der Waals surface area (Å²) in [6.07, 6.45) is 0. The maximum Gasteiger partial charge on any atom is 0.354 e. The lowest BCUT2D eigenvalue weighted by molar-refractivity contribution is -0.486. The first-order chi connectivity index (χ1) is 12.5. The molecule has 2 aromatic heterocycles. The number of hydrogen-bond donors (Lipinski definition) is 2. The summed E-state index contributed by atoms with van der Waals surface area (Å²) in [5.41, 5.74) is 0.729. The average molecular weight is 354 g/mol. The van der Waals surface area contributed by atoms with Gasteiger partial charge in [0, 0.05) is 5.39 Å². The summed E-state index contributed by atoms with van der Waals surface area (Å²) in [6.45, 7) is 4.05. The van der Waals surface area contributed by atoms with E-state index < -0.39 is 0 Å². The van der Waals surface area contributed by atoms with Gasteiger partial charge in [-0.2, -0.15) is 9.97 Å². The van der Waals surface area contributed by atoms with Gasteiger partial charge in [-0.3, -0.25) is 19.0 Å². The molecular formula is C18H26N8+2. The summed E-state index contributed by atoms with van der Waals surface area (Å²) >= 11 is 0. The summed E-state index contributed by atoms with van der Waals surface area (Å²) in [7, 11) is 8.33. The number of nitrogens with zero attached hydrogens (tertiary/aromatic N) is 6. The molecule has 2 aromatic rings. The molecule has 0 amide bonds. The van der Waals surface area contributed by atoms with Gasteiger partial charge in [0.05, 0.1) is 54.4 Å². The van der Waals surface area contributed by atoms with Gasteiger partial charge < -0.3 is 0 Å². The van der Waals surface area contributed by atoms with Crippen molar-refractivity contribution in [1.82, 2.24) is 19.8 Å². The van der Waals surface area contributed by atoms with Gasteiger partial charge in [0.15, 0.2) is 17.3 Å². The minimum atomic E-state index is 0.729. The smallest absolute Gasteiger partial charge is 0.264 e. The van der Waals surface area contributed by atoms with Crippen LogP contribution in [0.2, 0.25) is 0 Å².